The first-order valence-corrected chi connectivity index (χ1v) is 21.0. The van der Waals surface area contributed by atoms with Crippen LogP contribution >= 0.6 is 0 Å². The van der Waals surface area contributed by atoms with Gasteiger partial charge in [0.05, 0.1) is 5.41 Å². The topological polar surface area (TPSA) is 3.24 Å². The van der Waals surface area contributed by atoms with Gasteiger partial charge in [-0.1, -0.05) is 188 Å². The van der Waals surface area contributed by atoms with Gasteiger partial charge in [0.2, 0.25) is 0 Å². The number of allylic oxidation sites excluding steroid dienone is 14. The van der Waals surface area contributed by atoms with E-state index in [0.717, 1.165) is 17.1 Å². The van der Waals surface area contributed by atoms with E-state index in [-0.39, 0.29) is 0 Å². The predicted octanol–water partition coefficient (Wildman–Crippen LogP) is 16.2. The van der Waals surface area contributed by atoms with E-state index in [2.05, 4.69) is 265 Å². The Bertz CT molecular complexity index is 2660. The molecule has 0 radical (unpaired) electrons. The molecule has 0 amide bonds. The second-order valence-corrected chi connectivity index (χ2v) is 15.3. The molecule has 6 aromatic carbocycles. The van der Waals surface area contributed by atoms with Crippen LogP contribution in [0.2, 0.25) is 0 Å². The van der Waals surface area contributed by atoms with E-state index >= 15 is 0 Å². The summed E-state index contributed by atoms with van der Waals surface area (Å²) in [5.74, 6) is 0. The van der Waals surface area contributed by atoms with Gasteiger partial charge in [-0.25, -0.2) is 0 Å². The number of fused-ring (bicyclic) bond motifs is 1. The standard InChI is InChI=1S/C59H55N/c1-8-19-45(11-4)48-30-37-53(38-31-48)60(54-39-32-49(33-40-54)47-22-15-13-16-23-47)52(20-9-2)36-27-44(7)46-28-34-51(35-29-46)59(50-24-17-14-18-25-50)57(12-5)55(21-10-3)56-41-26-43(6)42-58(56)59/h8-42H,5H2,1-4,6-7H3/b19-8-,20-9-,21-10-,44-27+,45-11+,52-36+. The molecule has 0 spiro atoms. The highest BCUT2D eigenvalue weighted by molar-refractivity contribution is 5.92. The molecule has 1 heteroatoms. The van der Waals surface area contributed by atoms with Crippen LogP contribution in [0.3, 0.4) is 0 Å². The Morgan fingerprint density at radius 1 is 0.583 bits per heavy atom. The van der Waals surface area contributed by atoms with Gasteiger partial charge < -0.3 is 4.90 Å². The molecule has 0 bridgehead atoms. The lowest BCUT2D eigenvalue weighted by atomic mass is 9.66. The van der Waals surface area contributed by atoms with E-state index < -0.39 is 5.41 Å². The van der Waals surface area contributed by atoms with E-state index in [9.17, 15) is 0 Å². The van der Waals surface area contributed by atoms with Crippen molar-refractivity contribution in [3.05, 3.63) is 269 Å². The summed E-state index contributed by atoms with van der Waals surface area (Å²) in [6.07, 6.45) is 21.6. The fourth-order valence-electron chi connectivity index (χ4n) is 8.67. The van der Waals surface area contributed by atoms with Crippen molar-refractivity contribution in [1.29, 1.82) is 0 Å². The van der Waals surface area contributed by atoms with E-state index in [1.165, 1.54) is 72.4 Å². The highest BCUT2D eigenvalue weighted by atomic mass is 15.1. The molecule has 0 saturated carbocycles. The summed E-state index contributed by atoms with van der Waals surface area (Å²) >= 11 is 0. The first-order chi connectivity index (χ1) is 29.4. The molecule has 1 aliphatic carbocycles. The fourth-order valence-corrected chi connectivity index (χ4v) is 8.67. The van der Waals surface area contributed by atoms with Crippen LogP contribution in [0.4, 0.5) is 11.4 Å². The van der Waals surface area contributed by atoms with Crippen LogP contribution < -0.4 is 4.90 Å². The third-order valence-electron chi connectivity index (χ3n) is 11.5. The normalized spacial score (nSPS) is 16.0. The van der Waals surface area contributed by atoms with Crippen LogP contribution in [-0.2, 0) is 5.41 Å². The molecule has 0 N–H and O–H groups in total. The van der Waals surface area contributed by atoms with Crippen molar-refractivity contribution in [1.82, 2.24) is 0 Å². The van der Waals surface area contributed by atoms with Crippen LogP contribution in [0.15, 0.2) is 230 Å². The Morgan fingerprint density at radius 3 is 1.77 bits per heavy atom. The van der Waals surface area contributed by atoms with Crippen molar-refractivity contribution in [2.45, 2.75) is 47.0 Å². The maximum atomic E-state index is 4.41. The Balaban J connectivity index is 1.31. The molecule has 1 unspecified atom stereocenters. The minimum atomic E-state index is -0.499. The molecule has 60 heavy (non-hydrogen) atoms. The van der Waals surface area contributed by atoms with Crippen molar-refractivity contribution in [3.63, 3.8) is 0 Å². The summed E-state index contributed by atoms with van der Waals surface area (Å²) in [4.78, 5) is 2.34. The summed E-state index contributed by atoms with van der Waals surface area (Å²) in [7, 11) is 0. The van der Waals surface area contributed by atoms with Crippen LogP contribution in [-0.4, -0.2) is 0 Å². The molecule has 6 aromatic rings. The minimum absolute atomic E-state index is 0.499. The highest BCUT2D eigenvalue weighted by Crippen LogP contribution is 2.55. The quantitative estimate of drug-likeness (QED) is 0.106. The van der Waals surface area contributed by atoms with Gasteiger partial charge in [-0.3, -0.25) is 0 Å². The summed E-state index contributed by atoms with van der Waals surface area (Å²) < 4.78 is 0. The van der Waals surface area contributed by atoms with Crippen LogP contribution in [0.5, 0.6) is 0 Å². The van der Waals surface area contributed by atoms with Crippen molar-refractivity contribution >= 4 is 28.1 Å². The fraction of sp³-hybridized carbons (Fsp3) is 0.119. The van der Waals surface area contributed by atoms with Gasteiger partial charge in [-0.15, -0.1) is 0 Å². The van der Waals surface area contributed by atoms with Crippen LogP contribution in [0.25, 0.3) is 27.8 Å². The predicted molar refractivity (Wildman–Crippen MR) is 261 cm³/mol. The molecule has 0 aliphatic heterocycles. The van der Waals surface area contributed by atoms with Crippen molar-refractivity contribution < 1.29 is 0 Å². The average molecular weight is 778 g/mol. The highest BCUT2D eigenvalue weighted by Gasteiger charge is 2.46. The first-order valence-electron chi connectivity index (χ1n) is 21.0. The number of nitrogens with zero attached hydrogens (tertiary/aromatic N) is 1. The summed E-state index contributed by atoms with van der Waals surface area (Å²) in [6.45, 7) is 17.1. The second kappa shape index (κ2) is 18.7. The summed E-state index contributed by atoms with van der Waals surface area (Å²) in [5, 5.41) is 0. The molecule has 1 nitrogen and oxygen atoms in total. The average Bonchev–Trinajstić information content (AvgIpc) is 3.57. The monoisotopic (exact) mass is 777 g/mol. The largest absolute Gasteiger partial charge is 0.311 e. The lowest BCUT2D eigenvalue weighted by Crippen LogP contribution is -2.29. The van der Waals surface area contributed by atoms with E-state index in [1.807, 2.05) is 0 Å². The maximum Gasteiger partial charge on any atom is 0.0713 e. The number of rotatable bonds is 13. The molecule has 0 saturated heterocycles. The summed E-state index contributed by atoms with van der Waals surface area (Å²) in [6, 6.07) is 55.3. The molecule has 0 aromatic heterocycles. The number of anilines is 2. The Labute approximate surface area is 358 Å². The molecular weight excluding hydrogens is 723 g/mol. The third kappa shape index (κ3) is 8.05. The van der Waals surface area contributed by atoms with Gasteiger partial charge in [0.1, 0.15) is 0 Å². The maximum absolute atomic E-state index is 4.41. The zero-order valence-corrected chi connectivity index (χ0v) is 35.9. The lowest BCUT2D eigenvalue weighted by molar-refractivity contribution is 0.760. The van der Waals surface area contributed by atoms with Gasteiger partial charge in [0.25, 0.3) is 0 Å². The molecule has 1 atom stereocenters. The Kier molecular flexibility index (Phi) is 12.9. The van der Waals surface area contributed by atoms with E-state index in [1.54, 1.807) is 0 Å². The molecule has 296 valence electrons. The van der Waals surface area contributed by atoms with Crippen LogP contribution in [0.1, 0.15) is 73.6 Å². The van der Waals surface area contributed by atoms with Crippen molar-refractivity contribution in [2.24, 2.45) is 0 Å². The number of hydrogen-bond acceptors (Lipinski definition) is 1. The van der Waals surface area contributed by atoms with Crippen LogP contribution in [0, 0.1) is 6.92 Å². The SMILES string of the molecule is C=CC1=C(/C=C\C)c2ccc(C)cc2C1(c1ccccc1)c1ccc(/C(C)=C/C=C(\C=C/C)N(c2ccc(C(/C=C\C)=C/C)cc2)c2ccc(-c3ccccc3)cc2)cc1. The van der Waals surface area contributed by atoms with Gasteiger partial charge in [-0.2, -0.15) is 0 Å². The molecule has 1 aliphatic rings. The van der Waals surface area contributed by atoms with Gasteiger partial charge in [0, 0.05) is 17.1 Å². The smallest absolute Gasteiger partial charge is 0.0713 e. The third-order valence-corrected chi connectivity index (χ3v) is 11.5. The van der Waals surface area contributed by atoms with Crippen molar-refractivity contribution in [3.8, 4) is 11.1 Å². The molecule has 0 heterocycles. The van der Waals surface area contributed by atoms with Gasteiger partial charge in [0.15, 0.2) is 0 Å². The van der Waals surface area contributed by atoms with Gasteiger partial charge in [-0.05, 0) is 145 Å². The Hall–Kier alpha value is -6.96. The minimum Gasteiger partial charge on any atom is -0.311 e. The molecular formula is C59H55N. The Morgan fingerprint density at radius 2 is 1.17 bits per heavy atom. The number of hydrogen-bond donors (Lipinski definition) is 0. The zero-order valence-electron chi connectivity index (χ0n) is 35.9. The van der Waals surface area contributed by atoms with Crippen molar-refractivity contribution in [2.75, 3.05) is 4.90 Å². The molecule has 7 rings (SSSR count). The summed E-state index contributed by atoms with van der Waals surface area (Å²) in [5.41, 5.74) is 18.5. The second-order valence-electron chi connectivity index (χ2n) is 15.3. The lowest BCUT2D eigenvalue weighted by Gasteiger charge is -2.35. The van der Waals surface area contributed by atoms with E-state index in [0.29, 0.717) is 0 Å². The molecule has 0 fully saturated rings. The van der Waals surface area contributed by atoms with E-state index in [4.69, 9.17) is 0 Å². The van der Waals surface area contributed by atoms with Gasteiger partial charge >= 0.3 is 0 Å². The number of aryl methyl sites for hydroxylation is 1. The first kappa shape index (κ1) is 41.2. The number of benzene rings is 6. The zero-order chi connectivity index (χ0) is 42.1.